The maximum Gasteiger partial charge on any atom is 0.130 e. The fourth-order valence-corrected chi connectivity index (χ4v) is 1.25. The van der Waals surface area contributed by atoms with E-state index in [0.717, 1.165) is 0 Å². The van der Waals surface area contributed by atoms with Crippen LogP contribution in [-0.4, -0.2) is 0 Å². The first kappa shape index (κ1) is 12.7. The van der Waals surface area contributed by atoms with Crippen molar-refractivity contribution in [1.29, 1.82) is 21.0 Å². The molecule has 0 unspecified atom stereocenters. The highest BCUT2D eigenvalue weighted by Gasteiger charge is 1.97. The van der Waals surface area contributed by atoms with Gasteiger partial charge in [0.2, 0.25) is 0 Å². The highest BCUT2D eigenvalue weighted by atomic mass is 14.3. The van der Waals surface area contributed by atoms with E-state index in [0.29, 0.717) is 11.1 Å². The van der Waals surface area contributed by atoms with Crippen molar-refractivity contribution in [2.24, 2.45) is 0 Å². The average molecular weight is 230 g/mol. The first-order valence-corrected chi connectivity index (χ1v) is 4.87. The lowest BCUT2D eigenvalue weighted by Gasteiger charge is -1.96. The number of allylic oxidation sites excluding steroid dienone is 2. The van der Waals surface area contributed by atoms with E-state index in [1.165, 1.54) is 12.2 Å². The number of nitrogens with zero attached hydrogens (tertiary/aromatic N) is 4. The van der Waals surface area contributed by atoms with E-state index >= 15 is 0 Å². The molecule has 1 aromatic carbocycles. The molecule has 0 aliphatic rings. The lowest BCUT2D eigenvalue weighted by molar-refractivity contribution is 1.46. The molecular weight excluding hydrogens is 224 g/mol. The minimum atomic E-state index is -0.00285. The summed E-state index contributed by atoms with van der Waals surface area (Å²) < 4.78 is 0. The van der Waals surface area contributed by atoms with Gasteiger partial charge in [0.15, 0.2) is 0 Å². The van der Waals surface area contributed by atoms with Crippen LogP contribution in [0.25, 0.3) is 12.2 Å². The van der Waals surface area contributed by atoms with Crippen molar-refractivity contribution in [2.45, 2.75) is 0 Å². The Bertz CT molecular complexity index is 593. The lowest BCUT2D eigenvalue weighted by atomic mass is 10.1. The minimum Gasteiger partial charge on any atom is -0.192 e. The van der Waals surface area contributed by atoms with Crippen LogP contribution in [0, 0.1) is 45.3 Å². The fraction of sp³-hybridized carbons (Fsp3) is 0. The van der Waals surface area contributed by atoms with Gasteiger partial charge in [0.1, 0.15) is 35.4 Å². The van der Waals surface area contributed by atoms with Gasteiger partial charge >= 0.3 is 0 Å². The standard InChI is InChI=1S/C14H6N4/c15-7-13(8-16)5-11-2-1-3-12(4-11)6-14(9-17)10-18/h1-6H. The predicted octanol–water partition coefficient (Wildman–Crippen LogP) is 2.55. The van der Waals surface area contributed by atoms with Crippen LogP contribution in [0.4, 0.5) is 0 Å². The van der Waals surface area contributed by atoms with Crippen molar-refractivity contribution >= 4 is 12.2 Å². The average Bonchev–Trinajstić information content (AvgIpc) is 2.42. The van der Waals surface area contributed by atoms with Gasteiger partial charge in [-0.15, -0.1) is 0 Å². The third-order valence-corrected chi connectivity index (χ3v) is 2.01. The Balaban J connectivity index is 3.19. The van der Waals surface area contributed by atoms with Gasteiger partial charge in [0.05, 0.1) is 0 Å². The van der Waals surface area contributed by atoms with Crippen LogP contribution in [0.3, 0.4) is 0 Å². The summed E-state index contributed by atoms with van der Waals surface area (Å²) in [5.41, 5.74) is 1.32. The summed E-state index contributed by atoms with van der Waals surface area (Å²) in [4.78, 5) is 0. The monoisotopic (exact) mass is 230 g/mol. The van der Waals surface area contributed by atoms with Crippen molar-refractivity contribution in [3.63, 3.8) is 0 Å². The minimum absolute atomic E-state index is 0.00285. The van der Waals surface area contributed by atoms with Gasteiger partial charge in [-0.2, -0.15) is 21.0 Å². The van der Waals surface area contributed by atoms with Crippen LogP contribution < -0.4 is 0 Å². The highest BCUT2D eigenvalue weighted by molar-refractivity contribution is 5.67. The molecular formula is C14H6N4. The summed E-state index contributed by atoms with van der Waals surface area (Å²) in [6, 6.07) is 13.9. The number of hydrogen-bond acceptors (Lipinski definition) is 4. The summed E-state index contributed by atoms with van der Waals surface area (Å²) in [5.74, 6) is 0. The second-order valence-corrected chi connectivity index (χ2v) is 3.23. The molecule has 0 aliphatic carbocycles. The van der Waals surface area contributed by atoms with E-state index in [4.69, 9.17) is 21.0 Å². The Hall–Kier alpha value is -3.34. The topological polar surface area (TPSA) is 95.2 Å². The van der Waals surface area contributed by atoms with E-state index in [1.54, 1.807) is 48.5 Å². The first-order chi connectivity index (χ1) is 8.73. The zero-order chi connectivity index (χ0) is 13.4. The normalized spacial score (nSPS) is 7.78. The van der Waals surface area contributed by atoms with Gasteiger partial charge in [0.25, 0.3) is 0 Å². The smallest absolute Gasteiger partial charge is 0.130 e. The van der Waals surface area contributed by atoms with Gasteiger partial charge in [-0.1, -0.05) is 18.2 Å². The lowest BCUT2D eigenvalue weighted by Crippen LogP contribution is -1.80. The molecule has 18 heavy (non-hydrogen) atoms. The summed E-state index contributed by atoms with van der Waals surface area (Å²) in [5, 5.41) is 34.6. The molecule has 0 aliphatic heterocycles. The third-order valence-electron chi connectivity index (χ3n) is 2.01. The summed E-state index contributed by atoms with van der Waals surface area (Å²) in [7, 11) is 0. The van der Waals surface area contributed by atoms with Crippen LogP contribution in [0.15, 0.2) is 35.4 Å². The summed E-state index contributed by atoms with van der Waals surface area (Å²) in [6.07, 6.45) is 2.88. The van der Waals surface area contributed by atoms with E-state index in [2.05, 4.69) is 0 Å². The number of benzene rings is 1. The molecule has 0 radical (unpaired) electrons. The Morgan fingerprint density at radius 2 is 1.17 bits per heavy atom. The zero-order valence-corrected chi connectivity index (χ0v) is 9.25. The van der Waals surface area contributed by atoms with E-state index < -0.39 is 0 Å². The Morgan fingerprint density at radius 1 is 0.778 bits per heavy atom. The van der Waals surface area contributed by atoms with Crippen molar-refractivity contribution in [1.82, 2.24) is 0 Å². The summed E-state index contributed by atoms with van der Waals surface area (Å²) in [6.45, 7) is 0. The van der Waals surface area contributed by atoms with Crippen LogP contribution in [0.1, 0.15) is 11.1 Å². The molecule has 0 amide bonds. The molecule has 0 fully saturated rings. The summed E-state index contributed by atoms with van der Waals surface area (Å²) >= 11 is 0. The maximum absolute atomic E-state index is 8.64. The molecule has 0 saturated heterocycles. The van der Waals surface area contributed by atoms with Gasteiger partial charge in [-0.3, -0.25) is 0 Å². The molecule has 4 heteroatoms. The number of hydrogen-bond donors (Lipinski definition) is 0. The van der Waals surface area contributed by atoms with Crippen molar-refractivity contribution in [3.05, 3.63) is 46.5 Å². The molecule has 1 aromatic rings. The number of nitriles is 4. The molecule has 0 spiro atoms. The number of rotatable bonds is 2. The van der Waals surface area contributed by atoms with E-state index in [9.17, 15) is 0 Å². The van der Waals surface area contributed by atoms with Crippen LogP contribution in [-0.2, 0) is 0 Å². The molecule has 1 rings (SSSR count). The van der Waals surface area contributed by atoms with Crippen LogP contribution >= 0.6 is 0 Å². The van der Waals surface area contributed by atoms with Crippen molar-refractivity contribution in [2.75, 3.05) is 0 Å². The fourth-order valence-electron chi connectivity index (χ4n) is 1.25. The van der Waals surface area contributed by atoms with Gasteiger partial charge in [0, 0.05) is 0 Å². The molecule has 4 nitrogen and oxygen atoms in total. The van der Waals surface area contributed by atoms with Gasteiger partial charge in [-0.25, -0.2) is 0 Å². The largest absolute Gasteiger partial charge is 0.192 e. The molecule has 0 heterocycles. The van der Waals surface area contributed by atoms with Crippen LogP contribution in [0.2, 0.25) is 0 Å². The van der Waals surface area contributed by atoms with Crippen LogP contribution in [0.5, 0.6) is 0 Å². The molecule has 0 N–H and O–H groups in total. The second kappa shape index (κ2) is 6.29. The molecule has 82 valence electrons. The van der Waals surface area contributed by atoms with Gasteiger partial charge in [-0.05, 0) is 29.3 Å². The van der Waals surface area contributed by atoms with Crippen molar-refractivity contribution in [3.8, 4) is 24.3 Å². The Kier molecular flexibility index (Phi) is 4.45. The maximum atomic E-state index is 8.64. The molecule has 0 aromatic heterocycles. The Morgan fingerprint density at radius 3 is 1.50 bits per heavy atom. The molecule has 0 atom stereocenters. The third kappa shape index (κ3) is 3.35. The highest BCUT2D eigenvalue weighted by Crippen LogP contribution is 2.12. The molecule has 0 saturated carbocycles. The first-order valence-electron chi connectivity index (χ1n) is 4.87. The van der Waals surface area contributed by atoms with E-state index in [-0.39, 0.29) is 11.1 Å². The second-order valence-electron chi connectivity index (χ2n) is 3.23. The SMILES string of the molecule is N#CC(C#N)=Cc1cccc(C=C(C#N)C#N)c1. The predicted molar refractivity (Wildman–Crippen MR) is 64.8 cm³/mol. The van der Waals surface area contributed by atoms with Gasteiger partial charge < -0.3 is 0 Å². The zero-order valence-electron chi connectivity index (χ0n) is 9.25. The Labute approximate surface area is 105 Å². The van der Waals surface area contributed by atoms with Crippen molar-refractivity contribution < 1.29 is 0 Å². The molecule has 0 bridgehead atoms. The quantitative estimate of drug-likeness (QED) is 0.729. The van der Waals surface area contributed by atoms with E-state index in [1.807, 2.05) is 0 Å².